The Morgan fingerprint density at radius 1 is 1.24 bits per heavy atom. The third kappa shape index (κ3) is 4.10. The van der Waals surface area contributed by atoms with Crippen LogP contribution < -0.4 is 25.4 Å². The second kappa shape index (κ2) is 7.98. The zero-order valence-corrected chi connectivity index (χ0v) is 16.5. The van der Waals surface area contributed by atoms with Gasteiger partial charge in [-0.25, -0.2) is 9.59 Å². The van der Waals surface area contributed by atoms with Crippen molar-refractivity contribution in [2.75, 3.05) is 19.8 Å². The molecule has 2 atom stereocenters. The molecule has 0 aliphatic carbocycles. The first-order chi connectivity index (χ1) is 13.7. The minimum Gasteiger partial charge on any atom is -0.486 e. The molecule has 10 heteroatoms. The maximum Gasteiger partial charge on any atom is 0.325 e. The first-order valence-electron chi connectivity index (χ1n) is 9.39. The second-order valence-corrected chi connectivity index (χ2v) is 7.14. The Morgan fingerprint density at radius 2 is 1.93 bits per heavy atom. The van der Waals surface area contributed by atoms with Crippen molar-refractivity contribution in [1.82, 2.24) is 20.9 Å². The third-order valence-corrected chi connectivity index (χ3v) is 4.94. The summed E-state index contributed by atoms with van der Waals surface area (Å²) in [6.07, 6.45) is 0.697. The Balaban J connectivity index is 1.70. The summed E-state index contributed by atoms with van der Waals surface area (Å²) < 4.78 is 11.0. The summed E-state index contributed by atoms with van der Waals surface area (Å²) in [5.74, 6) is -0.323. The molecular weight excluding hydrogens is 380 g/mol. The predicted molar refractivity (Wildman–Crippen MR) is 101 cm³/mol. The van der Waals surface area contributed by atoms with E-state index in [-0.39, 0.29) is 6.04 Å². The van der Waals surface area contributed by atoms with Crippen LogP contribution in [-0.2, 0) is 15.1 Å². The molecule has 6 amide bonds. The fourth-order valence-electron chi connectivity index (χ4n) is 3.06. The Kier molecular flexibility index (Phi) is 5.62. The Hall–Kier alpha value is -3.30. The molecule has 0 saturated carbocycles. The molecule has 0 bridgehead atoms. The van der Waals surface area contributed by atoms with E-state index in [0.717, 1.165) is 4.90 Å². The van der Waals surface area contributed by atoms with Gasteiger partial charge in [0.2, 0.25) is 5.91 Å². The van der Waals surface area contributed by atoms with Crippen LogP contribution in [-0.4, -0.2) is 54.6 Å². The molecular formula is C19H24N4O6. The topological polar surface area (TPSA) is 126 Å². The van der Waals surface area contributed by atoms with E-state index in [4.69, 9.17) is 9.47 Å². The van der Waals surface area contributed by atoms with Crippen molar-refractivity contribution >= 4 is 23.9 Å². The number of imide groups is 2. The van der Waals surface area contributed by atoms with Crippen molar-refractivity contribution in [1.29, 1.82) is 0 Å². The first-order valence-corrected chi connectivity index (χ1v) is 9.39. The zero-order valence-electron chi connectivity index (χ0n) is 16.5. The van der Waals surface area contributed by atoms with Crippen LogP contribution in [0.4, 0.5) is 9.59 Å². The zero-order chi connectivity index (χ0) is 21.2. The summed E-state index contributed by atoms with van der Waals surface area (Å²) >= 11 is 0. The van der Waals surface area contributed by atoms with Gasteiger partial charge < -0.3 is 20.1 Å². The number of hydrogen-bond donors (Lipinski definition) is 3. The molecule has 0 unspecified atom stereocenters. The average molecular weight is 404 g/mol. The van der Waals surface area contributed by atoms with Gasteiger partial charge in [0.15, 0.2) is 11.5 Å². The monoisotopic (exact) mass is 404 g/mol. The SMILES string of the molecule is CC[C@@H](C)NC(=O)NC(=O)CN1C(=O)N[C@](C)(c2ccc3c(c2)OCCO3)C1=O. The molecule has 1 saturated heterocycles. The Morgan fingerprint density at radius 3 is 2.62 bits per heavy atom. The van der Waals surface area contributed by atoms with Gasteiger partial charge in [0.25, 0.3) is 5.91 Å². The number of ether oxygens (including phenoxy) is 2. The summed E-state index contributed by atoms with van der Waals surface area (Å²) in [4.78, 5) is 50.0. The quantitative estimate of drug-likeness (QED) is 0.625. The number of carbonyl (C=O) groups is 4. The van der Waals surface area contributed by atoms with Gasteiger partial charge in [-0.15, -0.1) is 0 Å². The molecule has 2 heterocycles. The van der Waals surface area contributed by atoms with Crippen LogP contribution in [0.2, 0.25) is 0 Å². The van der Waals surface area contributed by atoms with Crippen molar-refractivity contribution in [3.63, 3.8) is 0 Å². The number of hydrogen-bond acceptors (Lipinski definition) is 6. The number of benzene rings is 1. The van der Waals surface area contributed by atoms with Gasteiger partial charge in [-0.1, -0.05) is 13.0 Å². The number of amides is 6. The average Bonchev–Trinajstić information content (AvgIpc) is 2.91. The molecule has 29 heavy (non-hydrogen) atoms. The van der Waals surface area contributed by atoms with Gasteiger partial charge in [-0.3, -0.25) is 19.8 Å². The maximum absolute atomic E-state index is 12.9. The Bertz CT molecular complexity index is 857. The third-order valence-electron chi connectivity index (χ3n) is 4.94. The van der Waals surface area contributed by atoms with Crippen LogP contribution in [0.15, 0.2) is 18.2 Å². The molecule has 1 aromatic carbocycles. The highest BCUT2D eigenvalue weighted by Crippen LogP contribution is 2.36. The summed E-state index contributed by atoms with van der Waals surface area (Å²) in [5, 5.41) is 7.31. The first kappa shape index (κ1) is 20.4. The highest BCUT2D eigenvalue weighted by Gasteiger charge is 2.49. The molecule has 0 radical (unpaired) electrons. The Labute approximate surface area is 167 Å². The van der Waals surface area contributed by atoms with Crippen molar-refractivity contribution < 1.29 is 28.7 Å². The van der Waals surface area contributed by atoms with Crippen molar-refractivity contribution in [3.8, 4) is 11.5 Å². The highest BCUT2D eigenvalue weighted by molar-refractivity contribution is 6.10. The van der Waals surface area contributed by atoms with Gasteiger partial charge >= 0.3 is 12.1 Å². The van der Waals surface area contributed by atoms with Crippen LogP contribution >= 0.6 is 0 Å². The summed E-state index contributed by atoms with van der Waals surface area (Å²) in [5.41, 5.74) is -0.871. The summed E-state index contributed by atoms with van der Waals surface area (Å²) in [6.45, 7) is 5.48. The molecule has 2 aliphatic rings. The maximum atomic E-state index is 12.9. The minimum atomic E-state index is -1.37. The van der Waals surface area contributed by atoms with E-state index in [1.54, 1.807) is 32.0 Å². The fraction of sp³-hybridized carbons (Fsp3) is 0.474. The fourth-order valence-corrected chi connectivity index (χ4v) is 3.06. The van der Waals surface area contributed by atoms with Gasteiger partial charge in [-0.05, 0) is 38.0 Å². The van der Waals surface area contributed by atoms with Crippen LogP contribution in [0.1, 0.15) is 32.8 Å². The van der Waals surface area contributed by atoms with Gasteiger partial charge in [0, 0.05) is 6.04 Å². The lowest BCUT2D eigenvalue weighted by Crippen LogP contribution is -2.48. The van der Waals surface area contributed by atoms with E-state index >= 15 is 0 Å². The molecule has 1 fully saturated rings. The number of carbonyl (C=O) groups excluding carboxylic acids is 4. The number of rotatable bonds is 5. The highest BCUT2D eigenvalue weighted by atomic mass is 16.6. The summed E-state index contributed by atoms with van der Waals surface area (Å²) in [6, 6.07) is 3.46. The molecule has 3 N–H and O–H groups in total. The molecule has 10 nitrogen and oxygen atoms in total. The van der Waals surface area contributed by atoms with Crippen LogP contribution in [0.25, 0.3) is 0 Å². The molecule has 0 spiro atoms. The van der Waals surface area contributed by atoms with Crippen LogP contribution in [0, 0.1) is 0 Å². The summed E-state index contributed by atoms with van der Waals surface area (Å²) in [7, 11) is 0. The minimum absolute atomic E-state index is 0.113. The van der Waals surface area contributed by atoms with Crippen LogP contribution in [0.5, 0.6) is 11.5 Å². The van der Waals surface area contributed by atoms with E-state index in [9.17, 15) is 19.2 Å². The molecule has 156 valence electrons. The van der Waals surface area contributed by atoms with Crippen molar-refractivity contribution in [2.24, 2.45) is 0 Å². The van der Waals surface area contributed by atoms with Gasteiger partial charge in [0.1, 0.15) is 25.3 Å². The smallest absolute Gasteiger partial charge is 0.325 e. The number of nitrogens with zero attached hydrogens (tertiary/aromatic N) is 1. The van der Waals surface area contributed by atoms with Crippen molar-refractivity contribution in [2.45, 2.75) is 38.8 Å². The lowest BCUT2D eigenvalue weighted by molar-refractivity contribution is -0.134. The number of fused-ring (bicyclic) bond motifs is 1. The van der Waals surface area contributed by atoms with Gasteiger partial charge in [-0.2, -0.15) is 0 Å². The van der Waals surface area contributed by atoms with E-state index < -0.39 is 36.0 Å². The van der Waals surface area contributed by atoms with E-state index in [1.165, 1.54) is 0 Å². The molecule has 3 rings (SSSR count). The largest absolute Gasteiger partial charge is 0.486 e. The van der Waals surface area contributed by atoms with Crippen LogP contribution in [0.3, 0.4) is 0 Å². The molecule has 0 aromatic heterocycles. The standard InChI is InChI=1S/C19H24N4O6/c1-4-11(2)20-17(26)21-15(24)10-23-16(25)19(3,22-18(23)27)12-5-6-13-14(9-12)29-8-7-28-13/h5-6,9,11H,4,7-8,10H2,1-3H3,(H,22,27)(H2,20,21,24,26)/t11-,19-/m1/s1. The second-order valence-electron chi connectivity index (χ2n) is 7.14. The lowest BCUT2D eigenvalue weighted by Gasteiger charge is -2.25. The predicted octanol–water partition coefficient (Wildman–Crippen LogP) is 0.849. The lowest BCUT2D eigenvalue weighted by atomic mass is 9.91. The number of nitrogens with one attached hydrogen (secondary N) is 3. The normalized spacial score (nSPS) is 21.4. The number of urea groups is 2. The van der Waals surface area contributed by atoms with E-state index in [2.05, 4.69) is 16.0 Å². The molecule has 1 aromatic rings. The van der Waals surface area contributed by atoms with E-state index in [1.807, 2.05) is 6.92 Å². The van der Waals surface area contributed by atoms with E-state index in [0.29, 0.717) is 36.7 Å². The van der Waals surface area contributed by atoms with Gasteiger partial charge in [0.05, 0.1) is 0 Å². The van der Waals surface area contributed by atoms with Crippen molar-refractivity contribution in [3.05, 3.63) is 23.8 Å². The molecule has 2 aliphatic heterocycles.